The molecule has 0 atom stereocenters. The molecule has 0 spiro atoms. The Balaban J connectivity index is 2.52. The molecule has 0 aliphatic heterocycles. The lowest BCUT2D eigenvalue weighted by atomic mass is 10.1. The molecule has 2 heteroatoms. The maximum atomic E-state index is 5.57. The van der Waals surface area contributed by atoms with Gasteiger partial charge in [0.15, 0.2) is 0 Å². The minimum atomic E-state index is 0.665. The normalized spacial score (nSPS) is 11.0. The summed E-state index contributed by atoms with van der Waals surface area (Å²) in [5.74, 6) is 2.78. The summed E-state index contributed by atoms with van der Waals surface area (Å²) < 4.78 is 5.57. The van der Waals surface area contributed by atoms with Gasteiger partial charge in [-0.2, -0.15) is 0 Å². The van der Waals surface area contributed by atoms with E-state index < -0.39 is 0 Å². The summed E-state index contributed by atoms with van der Waals surface area (Å²) in [6.07, 6.45) is 1.03. The molecule has 12 heavy (non-hydrogen) atoms. The summed E-state index contributed by atoms with van der Waals surface area (Å²) in [5.41, 5.74) is 0. The van der Waals surface area contributed by atoms with E-state index in [1.165, 1.54) is 0 Å². The van der Waals surface area contributed by atoms with E-state index in [-0.39, 0.29) is 0 Å². The van der Waals surface area contributed by atoms with Gasteiger partial charge in [-0.15, -0.1) is 0 Å². The summed E-state index contributed by atoms with van der Waals surface area (Å²) in [6.45, 7) is 5.21. The highest BCUT2D eigenvalue weighted by molar-refractivity contribution is 5.07. The second-order valence-corrected chi connectivity index (χ2v) is 3.50. The fourth-order valence-corrected chi connectivity index (χ4v) is 1.20. The molecule has 0 saturated carbocycles. The predicted octanol–water partition coefficient (Wildman–Crippen LogP) is 2.20. The van der Waals surface area contributed by atoms with Crippen LogP contribution in [0.2, 0.25) is 0 Å². The molecule has 0 radical (unpaired) electrons. The maximum Gasteiger partial charge on any atom is 0.117 e. The Hall–Kier alpha value is -0.760. The molecule has 68 valence electrons. The van der Waals surface area contributed by atoms with Gasteiger partial charge in [0.05, 0.1) is 6.54 Å². The van der Waals surface area contributed by atoms with Crippen molar-refractivity contribution in [3.63, 3.8) is 0 Å². The molecule has 1 N–H and O–H groups in total. The van der Waals surface area contributed by atoms with Crippen LogP contribution in [0, 0.1) is 5.92 Å². The van der Waals surface area contributed by atoms with E-state index in [2.05, 4.69) is 25.2 Å². The van der Waals surface area contributed by atoms with Gasteiger partial charge in [-0.1, -0.05) is 13.8 Å². The number of hydrogen-bond donors (Lipinski definition) is 1. The van der Waals surface area contributed by atoms with E-state index in [0.717, 1.165) is 24.5 Å². The monoisotopic (exact) mass is 167 g/mol. The van der Waals surface area contributed by atoms with Gasteiger partial charge in [0.2, 0.25) is 0 Å². The topological polar surface area (TPSA) is 25.2 Å². The first-order valence-electron chi connectivity index (χ1n) is 4.44. The zero-order chi connectivity index (χ0) is 8.97. The van der Waals surface area contributed by atoms with Crippen molar-refractivity contribution in [3.8, 4) is 0 Å². The summed E-state index contributed by atoms with van der Waals surface area (Å²) in [7, 11) is 1.92. The smallest absolute Gasteiger partial charge is 0.117 e. The van der Waals surface area contributed by atoms with Gasteiger partial charge in [-0.25, -0.2) is 0 Å². The van der Waals surface area contributed by atoms with E-state index in [9.17, 15) is 0 Å². The molecule has 1 rings (SSSR count). The Kier molecular flexibility index (Phi) is 3.35. The summed E-state index contributed by atoms with van der Waals surface area (Å²) >= 11 is 0. The highest BCUT2D eigenvalue weighted by Crippen LogP contribution is 2.12. The van der Waals surface area contributed by atoms with Gasteiger partial charge in [0.25, 0.3) is 0 Å². The van der Waals surface area contributed by atoms with Gasteiger partial charge in [-0.3, -0.25) is 0 Å². The Bertz CT molecular complexity index is 227. The van der Waals surface area contributed by atoms with E-state index in [1.807, 2.05) is 13.1 Å². The van der Waals surface area contributed by atoms with Crippen LogP contribution in [0.5, 0.6) is 0 Å². The molecule has 0 fully saturated rings. The van der Waals surface area contributed by atoms with Gasteiger partial charge in [0, 0.05) is 6.42 Å². The van der Waals surface area contributed by atoms with Crippen molar-refractivity contribution in [2.75, 3.05) is 7.05 Å². The maximum absolute atomic E-state index is 5.57. The fraction of sp³-hybridized carbons (Fsp3) is 0.600. The van der Waals surface area contributed by atoms with Crippen LogP contribution in [0.15, 0.2) is 16.5 Å². The van der Waals surface area contributed by atoms with Crippen LogP contribution in [0.4, 0.5) is 0 Å². The second kappa shape index (κ2) is 4.31. The van der Waals surface area contributed by atoms with Crippen LogP contribution in [0.3, 0.4) is 0 Å². The minimum Gasteiger partial charge on any atom is -0.465 e. The van der Waals surface area contributed by atoms with E-state index in [0.29, 0.717) is 5.92 Å². The predicted molar refractivity (Wildman–Crippen MR) is 50.0 cm³/mol. The van der Waals surface area contributed by atoms with Crippen LogP contribution in [0.1, 0.15) is 25.4 Å². The van der Waals surface area contributed by atoms with Crippen molar-refractivity contribution in [3.05, 3.63) is 23.7 Å². The Morgan fingerprint density at radius 1 is 1.33 bits per heavy atom. The molecular weight excluding hydrogens is 150 g/mol. The SMILES string of the molecule is CNCc1ccc(CC(C)C)o1. The first kappa shape index (κ1) is 9.33. The largest absolute Gasteiger partial charge is 0.465 e. The molecule has 2 nitrogen and oxygen atoms in total. The van der Waals surface area contributed by atoms with Crippen molar-refractivity contribution < 1.29 is 4.42 Å². The summed E-state index contributed by atoms with van der Waals surface area (Å²) in [4.78, 5) is 0. The standard InChI is InChI=1S/C10H17NO/c1-8(2)6-9-4-5-10(12-9)7-11-3/h4-5,8,11H,6-7H2,1-3H3. The van der Waals surface area contributed by atoms with Crippen LogP contribution < -0.4 is 5.32 Å². The van der Waals surface area contributed by atoms with Crippen LogP contribution in [0.25, 0.3) is 0 Å². The molecule has 0 unspecified atom stereocenters. The van der Waals surface area contributed by atoms with Crippen molar-refractivity contribution >= 4 is 0 Å². The molecular formula is C10H17NO. The van der Waals surface area contributed by atoms with Crippen LogP contribution in [-0.2, 0) is 13.0 Å². The number of hydrogen-bond acceptors (Lipinski definition) is 2. The molecule has 0 aliphatic rings. The van der Waals surface area contributed by atoms with Gasteiger partial charge in [0.1, 0.15) is 11.5 Å². The third-order valence-corrected chi connectivity index (χ3v) is 1.68. The van der Waals surface area contributed by atoms with Crippen molar-refractivity contribution in [1.29, 1.82) is 0 Å². The third kappa shape index (κ3) is 2.70. The Labute approximate surface area is 74.0 Å². The van der Waals surface area contributed by atoms with Gasteiger partial charge >= 0.3 is 0 Å². The van der Waals surface area contributed by atoms with Crippen molar-refractivity contribution in [1.82, 2.24) is 5.32 Å². The second-order valence-electron chi connectivity index (χ2n) is 3.50. The van der Waals surface area contributed by atoms with E-state index in [4.69, 9.17) is 4.42 Å². The van der Waals surface area contributed by atoms with Crippen LogP contribution in [-0.4, -0.2) is 7.05 Å². The molecule has 1 aromatic heterocycles. The highest BCUT2D eigenvalue weighted by Gasteiger charge is 2.02. The third-order valence-electron chi connectivity index (χ3n) is 1.68. The lowest BCUT2D eigenvalue weighted by Gasteiger charge is -1.99. The molecule has 0 saturated heterocycles. The molecule has 1 heterocycles. The average molecular weight is 167 g/mol. The van der Waals surface area contributed by atoms with Crippen LogP contribution >= 0.6 is 0 Å². The van der Waals surface area contributed by atoms with Gasteiger partial charge in [-0.05, 0) is 25.1 Å². The highest BCUT2D eigenvalue weighted by atomic mass is 16.3. The van der Waals surface area contributed by atoms with E-state index >= 15 is 0 Å². The lowest BCUT2D eigenvalue weighted by molar-refractivity contribution is 0.432. The van der Waals surface area contributed by atoms with Gasteiger partial charge < -0.3 is 9.73 Å². The Morgan fingerprint density at radius 3 is 2.58 bits per heavy atom. The molecule has 0 aromatic carbocycles. The number of furan rings is 1. The molecule has 0 aliphatic carbocycles. The summed E-state index contributed by atoms with van der Waals surface area (Å²) in [6, 6.07) is 4.10. The molecule has 1 aromatic rings. The zero-order valence-corrected chi connectivity index (χ0v) is 8.05. The fourth-order valence-electron chi connectivity index (χ4n) is 1.20. The number of rotatable bonds is 4. The van der Waals surface area contributed by atoms with Crippen molar-refractivity contribution in [2.45, 2.75) is 26.8 Å². The van der Waals surface area contributed by atoms with Crippen molar-refractivity contribution in [2.24, 2.45) is 5.92 Å². The van der Waals surface area contributed by atoms with E-state index in [1.54, 1.807) is 0 Å². The number of nitrogens with one attached hydrogen (secondary N) is 1. The zero-order valence-electron chi connectivity index (χ0n) is 8.05. The summed E-state index contributed by atoms with van der Waals surface area (Å²) in [5, 5.41) is 3.06. The minimum absolute atomic E-state index is 0.665. The quantitative estimate of drug-likeness (QED) is 0.743. The first-order chi connectivity index (χ1) is 5.72. The Morgan fingerprint density at radius 2 is 2.00 bits per heavy atom. The lowest BCUT2D eigenvalue weighted by Crippen LogP contribution is -2.03. The average Bonchev–Trinajstić information content (AvgIpc) is 2.36. The molecule has 0 amide bonds. The molecule has 0 bridgehead atoms. The first-order valence-corrected chi connectivity index (χ1v) is 4.44.